The van der Waals surface area contributed by atoms with E-state index in [0.717, 1.165) is 34.0 Å². The molecule has 4 nitrogen and oxygen atoms in total. The van der Waals surface area contributed by atoms with Crippen molar-refractivity contribution in [2.75, 3.05) is 13.2 Å². The predicted octanol–water partition coefficient (Wildman–Crippen LogP) is 2.50. The van der Waals surface area contributed by atoms with Gasteiger partial charge in [0.2, 0.25) is 0 Å². The summed E-state index contributed by atoms with van der Waals surface area (Å²) in [6, 6.07) is 16.0. The first-order valence-electron chi connectivity index (χ1n) is 7.50. The minimum Gasteiger partial charge on any atom is -0.490 e. The second kappa shape index (κ2) is 4.44. The zero-order chi connectivity index (χ0) is 14.5. The van der Waals surface area contributed by atoms with E-state index in [-0.39, 0.29) is 12.1 Å². The maximum Gasteiger partial charge on any atom is 0.128 e. The maximum atomic E-state index is 5.84. The third-order valence-corrected chi connectivity index (χ3v) is 4.34. The van der Waals surface area contributed by atoms with Crippen LogP contribution >= 0.6 is 0 Å². The van der Waals surface area contributed by atoms with E-state index in [9.17, 15) is 0 Å². The first-order valence-corrected chi connectivity index (χ1v) is 7.50. The number of rotatable bonds is 0. The van der Waals surface area contributed by atoms with E-state index in [1.807, 2.05) is 36.4 Å². The van der Waals surface area contributed by atoms with Crippen molar-refractivity contribution in [2.24, 2.45) is 9.98 Å². The first-order chi connectivity index (χ1) is 10.9. The lowest BCUT2D eigenvalue weighted by Crippen LogP contribution is -2.43. The van der Waals surface area contributed by atoms with Gasteiger partial charge >= 0.3 is 0 Å². The summed E-state index contributed by atoms with van der Waals surface area (Å²) in [4.78, 5) is 9.89. The summed E-state index contributed by atoms with van der Waals surface area (Å²) in [7, 11) is 0. The molecule has 0 unspecified atom stereocenters. The fourth-order valence-electron chi connectivity index (χ4n) is 3.31. The highest BCUT2D eigenvalue weighted by Crippen LogP contribution is 2.33. The standard InChI is InChI=1S/C18H14N2O2/c1-3-7-15-11(5-1)17-13(9-21-15)20-18-12-6-2-4-8-16(12)22-10-14(18)19-17/h1-8,13-14H,9-10H2/t13-,14-/m0/s1. The number of para-hydroxylation sites is 2. The van der Waals surface area contributed by atoms with Crippen molar-refractivity contribution in [3.63, 3.8) is 0 Å². The van der Waals surface area contributed by atoms with Gasteiger partial charge in [-0.05, 0) is 24.3 Å². The molecule has 2 aromatic rings. The molecule has 22 heavy (non-hydrogen) atoms. The molecule has 0 saturated heterocycles. The van der Waals surface area contributed by atoms with Gasteiger partial charge in [0, 0.05) is 11.1 Å². The molecule has 0 aromatic heterocycles. The molecule has 2 atom stereocenters. The zero-order valence-electron chi connectivity index (χ0n) is 11.9. The lowest BCUT2D eigenvalue weighted by molar-refractivity contribution is 0.288. The number of fused-ring (bicyclic) bond motifs is 6. The largest absolute Gasteiger partial charge is 0.490 e. The van der Waals surface area contributed by atoms with Gasteiger partial charge in [-0.3, -0.25) is 9.98 Å². The number of benzene rings is 2. The van der Waals surface area contributed by atoms with E-state index >= 15 is 0 Å². The highest BCUT2D eigenvalue weighted by atomic mass is 16.5. The average molecular weight is 290 g/mol. The SMILES string of the molecule is c1ccc2c(c1)OC[C@@H]1N=C3c4ccccc4OC[C@@H]3N=C21. The van der Waals surface area contributed by atoms with E-state index in [2.05, 4.69) is 12.1 Å². The zero-order valence-corrected chi connectivity index (χ0v) is 11.9. The van der Waals surface area contributed by atoms with Crippen molar-refractivity contribution in [3.8, 4) is 11.5 Å². The van der Waals surface area contributed by atoms with Gasteiger partial charge in [-0.1, -0.05) is 24.3 Å². The Hall–Kier alpha value is -2.62. The Morgan fingerprint density at radius 2 is 1.14 bits per heavy atom. The normalized spacial score (nSPS) is 24.4. The quantitative estimate of drug-likeness (QED) is 0.748. The fraction of sp³-hybridized carbons (Fsp3) is 0.222. The van der Waals surface area contributed by atoms with Crippen LogP contribution in [-0.4, -0.2) is 36.7 Å². The van der Waals surface area contributed by atoms with E-state index < -0.39 is 0 Å². The molecule has 3 aliphatic rings. The average Bonchev–Trinajstić information content (AvgIpc) is 2.60. The molecule has 0 N–H and O–H groups in total. The summed E-state index contributed by atoms with van der Waals surface area (Å²) in [5, 5.41) is 0. The molecular weight excluding hydrogens is 276 g/mol. The molecule has 108 valence electrons. The molecule has 4 heteroatoms. The molecule has 0 fully saturated rings. The smallest absolute Gasteiger partial charge is 0.128 e. The molecule has 0 aliphatic carbocycles. The molecule has 0 radical (unpaired) electrons. The van der Waals surface area contributed by atoms with Crippen molar-refractivity contribution in [3.05, 3.63) is 59.7 Å². The number of aliphatic imine (C=N–C) groups is 2. The van der Waals surface area contributed by atoms with E-state index in [1.165, 1.54) is 0 Å². The van der Waals surface area contributed by atoms with Gasteiger partial charge in [0.25, 0.3) is 0 Å². The van der Waals surface area contributed by atoms with Gasteiger partial charge in [0.05, 0.1) is 11.4 Å². The summed E-state index contributed by atoms with van der Waals surface area (Å²) >= 11 is 0. The molecule has 0 spiro atoms. The van der Waals surface area contributed by atoms with Gasteiger partial charge < -0.3 is 9.47 Å². The van der Waals surface area contributed by atoms with Gasteiger partial charge in [-0.2, -0.15) is 0 Å². The molecule has 2 aromatic carbocycles. The Labute approximate surface area is 128 Å². The van der Waals surface area contributed by atoms with Crippen LogP contribution in [-0.2, 0) is 0 Å². The van der Waals surface area contributed by atoms with Crippen molar-refractivity contribution >= 4 is 11.4 Å². The second-order valence-electron chi connectivity index (χ2n) is 5.67. The highest BCUT2D eigenvalue weighted by molar-refractivity contribution is 6.16. The van der Waals surface area contributed by atoms with Crippen LogP contribution in [0.2, 0.25) is 0 Å². The summed E-state index contributed by atoms with van der Waals surface area (Å²) < 4.78 is 11.7. The van der Waals surface area contributed by atoms with Crippen LogP contribution in [0.4, 0.5) is 0 Å². The monoisotopic (exact) mass is 290 g/mol. The Bertz CT molecular complexity index is 756. The van der Waals surface area contributed by atoms with Crippen LogP contribution in [0, 0.1) is 0 Å². The Morgan fingerprint density at radius 3 is 1.64 bits per heavy atom. The third kappa shape index (κ3) is 1.64. The number of ether oxygens (including phenoxy) is 2. The van der Waals surface area contributed by atoms with Crippen molar-refractivity contribution in [2.45, 2.75) is 12.1 Å². The van der Waals surface area contributed by atoms with E-state index in [1.54, 1.807) is 0 Å². The second-order valence-corrected chi connectivity index (χ2v) is 5.67. The Balaban J connectivity index is 1.63. The summed E-state index contributed by atoms with van der Waals surface area (Å²) in [6.07, 6.45) is 0. The minimum atomic E-state index is -0.0210. The topological polar surface area (TPSA) is 43.2 Å². The van der Waals surface area contributed by atoms with E-state index in [4.69, 9.17) is 19.5 Å². The van der Waals surface area contributed by atoms with Crippen LogP contribution in [0.5, 0.6) is 11.5 Å². The van der Waals surface area contributed by atoms with Crippen molar-refractivity contribution in [1.29, 1.82) is 0 Å². The van der Waals surface area contributed by atoms with E-state index in [0.29, 0.717) is 13.2 Å². The van der Waals surface area contributed by atoms with Crippen LogP contribution in [0.15, 0.2) is 58.5 Å². The van der Waals surface area contributed by atoms with Crippen LogP contribution in [0.25, 0.3) is 0 Å². The highest BCUT2D eigenvalue weighted by Gasteiger charge is 2.36. The van der Waals surface area contributed by atoms with Crippen molar-refractivity contribution < 1.29 is 9.47 Å². The van der Waals surface area contributed by atoms with Gasteiger partial charge in [-0.15, -0.1) is 0 Å². The molecule has 3 heterocycles. The summed E-state index contributed by atoms with van der Waals surface area (Å²) in [6.45, 7) is 1.10. The third-order valence-electron chi connectivity index (χ3n) is 4.34. The van der Waals surface area contributed by atoms with Crippen LogP contribution in [0.1, 0.15) is 11.1 Å². The molecule has 5 rings (SSSR count). The molecule has 0 bridgehead atoms. The van der Waals surface area contributed by atoms with Crippen LogP contribution < -0.4 is 9.47 Å². The lowest BCUT2D eigenvalue weighted by Gasteiger charge is -2.34. The van der Waals surface area contributed by atoms with Gasteiger partial charge in [-0.25, -0.2) is 0 Å². The number of hydrogen-bond donors (Lipinski definition) is 0. The fourth-order valence-corrected chi connectivity index (χ4v) is 3.31. The predicted molar refractivity (Wildman–Crippen MR) is 84.5 cm³/mol. The molecule has 0 saturated carbocycles. The number of hydrogen-bond acceptors (Lipinski definition) is 4. The Kier molecular flexibility index (Phi) is 2.41. The Morgan fingerprint density at radius 1 is 0.682 bits per heavy atom. The molecule has 3 aliphatic heterocycles. The molecule has 0 amide bonds. The van der Waals surface area contributed by atoms with Crippen molar-refractivity contribution in [1.82, 2.24) is 0 Å². The van der Waals surface area contributed by atoms with Gasteiger partial charge in [0.1, 0.15) is 36.8 Å². The summed E-state index contributed by atoms with van der Waals surface area (Å²) in [5.74, 6) is 1.79. The van der Waals surface area contributed by atoms with Gasteiger partial charge in [0.15, 0.2) is 0 Å². The van der Waals surface area contributed by atoms with Crippen LogP contribution in [0.3, 0.4) is 0 Å². The lowest BCUT2D eigenvalue weighted by atomic mass is 9.93. The number of nitrogens with zero attached hydrogens (tertiary/aromatic N) is 2. The maximum absolute atomic E-state index is 5.84. The minimum absolute atomic E-state index is 0.0210. The first kappa shape index (κ1) is 12.0. The molecular formula is C18H14N2O2. The summed E-state index contributed by atoms with van der Waals surface area (Å²) in [5.41, 5.74) is 4.16.